The zero-order chi connectivity index (χ0) is 12.3. The summed E-state index contributed by atoms with van der Waals surface area (Å²) < 4.78 is 0. The van der Waals surface area contributed by atoms with Gasteiger partial charge in [0.05, 0.1) is 0 Å². The molecule has 0 N–H and O–H groups in total. The van der Waals surface area contributed by atoms with E-state index in [-0.39, 0.29) is 46.5 Å². The van der Waals surface area contributed by atoms with Crippen LogP contribution in [-0.2, 0) is 21.7 Å². The van der Waals surface area contributed by atoms with Gasteiger partial charge in [0.15, 0.2) is 0 Å². The second kappa shape index (κ2) is 11.0. The minimum atomic E-state index is 0. The van der Waals surface area contributed by atoms with E-state index in [2.05, 4.69) is 53.7 Å². The van der Waals surface area contributed by atoms with Crippen molar-refractivity contribution in [2.75, 3.05) is 0 Å². The first-order chi connectivity index (χ1) is 7.43. The Morgan fingerprint density at radius 3 is 0.947 bits per heavy atom. The summed E-state index contributed by atoms with van der Waals surface area (Å²) in [6, 6.07) is 0. The summed E-state index contributed by atoms with van der Waals surface area (Å²) in [5, 5.41) is 0. The third-order valence-electron chi connectivity index (χ3n) is 3.64. The molecule has 0 saturated carbocycles. The van der Waals surface area contributed by atoms with Gasteiger partial charge in [0.1, 0.15) is 0 Å². The fourth-order valence-electron chi connectivity index (χ4n) is 1.70. The smallest absolute Gasteiger partial charge is 1.00 e. The van der Waals surface area contributed by atoms with Gasteiger partial charge in [-0.25, -0.2) is 11.1 Å². The third kappa shape index (κ3) is 7.00. The predicted molar refractivity (Wildman–Crippen MR) is 70.8 cm³/mol. The molecule has 0 radical (unpaired) electrons. The van der Waals surface area contributed by atoms with Crippen molar-refractivity contribution >= 4 is 0 Å². The summed E-state index contributed by atoms with van der Waals surface area (Å²) in [4.78, 5) is 0. The third-order valence-corrected chi connectivity index (χ3v) is 3.64. The van der Waals surface area contributed by atoms with E-state index in [1.807, 2.05) is 0 Å². The van der Waals surface area contributed by atoms with Crippen molar-refractivity contribution in [1.82, 2.24) is 0 Å². The molecule has 2 aliphatic rings. The minimum Gasteiger partial charge on any atom is -1.00 e. The molecule has 0 fully saturated rings. The van der Waals surface area contributed by atoms with E-state index in [9.17, 15) is 0 Å². The molecule has 0 saturated heterocycles. The molecule has 0 nitrogen and oxygen atoms in total. The molecule has 0 heterocycles. The average molecular weight is 333 g/mol. The van der Waals surface area contributed by atoms with Crippen LogP contribution in [0.1, 0.15) is 54.4 Å². The Labute approximate surface area is 146 Å². The van der Waals surface area contributed by atoms with Crippen LogP contribution in [0.2, 0.25) is 0 Å². The molecule has 2 aliphatic carbocycles. The largest absolute Gasteiger partial charge is 4.00 e. The Morgan fingerprint density at radius 2 is 0.895 bits per heavy atom. The molecule has 104 valence electrons. The van der Waals surface area contributed by atoms with E-state index < -0.39 is 0 Å². The molecule has 0 spiro atoms. The van der Waals surface area contributed by atoms with Crippen LogP contribution in [0.25, 0.3) is 0 Å². The second-order valence-corrected chi connectivity index (χ2v) is 4.77. The van der Waals surface area contributed by atoms with Crippen molar-refractivity contribution < 1.29 is 46.5 Å². The molecule has 0 atom stereocenters. The Balaban J connectivity index is -0.000000233. The van der Waals surface area contributed by atoms with E-state index in [4.69, 9.17) is 0 Å². The molecular weight excluding hydrogens is 311 g/mol. The van der Waals surface area contributed by atoms with E-state index >= 15 is 0 Å². The SMILES string of the molecule is CC1=[C-]CC(C)=C1C.CC1=[C-]CC(C)=C1C.[Cl-].[Cl-].[Ti+4]. The molecule has 0 aromatic rings. The molecule has 0 aliphatic heterocycles. The number of hydrogen-bond donors (Lipinski definition) is 0. The van der Waals surface area contributed by atoms with Gasteiger partial charge in [-0.05, 0) is 0 Å². The van der Waals surface area contributed by atoms with Crippen molar-refractivity contribution in [3.05, 3.63) is 45.6 Å². The van der Waals surface area contributed by atoms with Crippen LogP contribution in [0.3, 0.4) is 0 Å². The van der Waals surface area contributed by atoms with Crippen LogP contribution in [0, 0.1) is 12.2 Å². The molecule has 2 rings (SSSR count). The Hall–Kier alpha value is 0.254. The monoisotopic (exact) mass is 332 g/mol. The maximum absolute atomic E-state index is 3.26. The summed E-state index contributed by atoms with van der Waals surface area (Å²) in [6.45, 7) is 12.9. The van der Waals surface area contributed by atoms with Crippen molar-refractivity contribution in [3.8, 4) is 0 Å². The minimum absolute atomic E-state index is 0. The van der Waals surface area contributed by atoms with E-state index in [1.54, 1.807) is 0 Å². The first-order valence-electron chi connectivity index (χ1n) is 5.91. The quantitative estimate of drug-likeness (QED) is 0.392. The number of rotatable bonds is 0. The Kier molecular flexibility index (Phi) is 14.0. The van der Waals surface area contributed by atoms with Gasteiger partial charge < -0.3 is 24.8 Å². The zero-order valence-electron chi connectivity index (χ0n) is 12.7. The number of hydrogen-bond acceptors (Lipinski definition) is 0. The summed E-state index contributed by atoms with van der Waals surface area (Å²) in [5.74, 6) is 0. The Morgan fingerprint density at radius 1 is 0.632 bits per heavy atom. The Bertz CT molecular complexity index is 361. The van der Waals surface area contributed by atoms with E-state index in [0.29, 0.717) is 0 Å². The van der Waals surface area contributed by atoms with Crippen LogP contribution >= 0.6 is 0 Å². The van der Waals surface area contributed by atoms with Crippen LogP contribution < -0.4 is 24.8 Å². The van der Waals surface area contributed by atoms with E-state index in [1.165, 1.54) is 33.4 Å². The zero-order valence-corrected chi connectivity index (χ0v) is 15.7. The first-order valence-corrected chi connectivity index (χ1v) is 5.91. The van der Waals surface area contributed by atoms with Gasteiger partial charge in [0.25, 0.3) is 0 Å². The van der Waals surface area contributed by atoms with Gasteiger partial charge in [0.2, 0.25) is 0 Å². The second-order valence-electron chi connectivity index (χ2n) is 4.77. The fraction of sp³-hybridized carbons (Fsp3) is 0.500. The summed E-state index contributed by atoms with van der Waals surface area (Å²) >= 11 is 0. The maximum atomic E-state index is 3.26. The molecule has 3 heteroatoms. The van der Waals surface area contributed by atoms with Crippen LogP contribution in [-0.4, -0.2) is 0 Å². The molecule has 0 aromatic carbocycles. The van der Waals surface area contributed by atoms with Crippen molar-refractivity contribution in [1.29, 1.82) is 0 Å². The van der Waals surface area contributed by atoms with Crippen LogP contribution in [0.5, 0.6) is 0 Å². The van der Waals surface area contributed by atoms with Crippen LogP contribution in [0.4, 0.5) is 0 Å². The standard InChI is InChI=1S/2C8H11.2ClH.Ti/c2*1-6-4-5-7(2)8(6)3;;;/h2*4H2,1-3H3;2*1H;/q2*-1;;;+4/p-2. The van der Waals surface area contributed by atoms with Gasteiger partial charge in [-0.2, -0.15) is 22.3 Å². The van der Waals surface area contributed by atoms with Gasteiger partial charge in [-0.15, -0.1) is 26.7 Å². The van der Waals surface area contributed by atoms with Gasteiger partial charge in [0, 0.05) is 0 Å². The summed E-state index contributed by atoms with van der Waals surface area (Å²) in [6.07, 6.45) is 8.63. The number of halogens is 2. The summed E-state index contributed by atoms with van der Waals surface area (Å²) in [7, 11) is 0. The normalized spacial score (nSPS) is 16.5. The molecule has 19 heavy (non-hydrogen) atoms. The van der Waals surface area contributed by atoms with Crippen molar-refractivity contribution in [2.45, 2.75) is 54.4 Å². The molecule has 0 unspecified atom stereocenters. The fourth-order valence-corrected chi connectivity index (χ4v) is 1.70. The van der Waals surface area contributed by atoms with Gasteiger partial charge in [-0.3, -0.25) is 12.2 Å². The summed E-state index contributed by atoms with van der Waals surface area (Å²) in [5.41, 5.74) is 8.49. The van der Waals surface area contributed by atoms with E-state index in [0.717, 1.165) is 12.8 Å². The number of allylic oxidation sites excluding steroid dienone is 8. The van der Waals surface area contributed by atoms with Crippen molar-refractivity contribution in [2.24, 2.45) is 0 Å². The maximum Gasteiger partial charge on any atom is 4.00 e. The molecule has 0 bridgehead atoms. The topological polar surface area (TPSA) is 0 Å². The average Bonchev–Trinajstić information content (AvgIpc) is 2.70. The van der Waals surface area contributed by atoms with Gasteiger partial charge >= 0.3 is 21.7 Å². The van der Waals surface area contributed by atoms with Gasteiger partial charge in [-0.1, -0.05) is 27.7 Å². The molecule has 0 aromatic heterocycles. The molecular formula is C16H22Cl2Ti. The van der Waals surface area contributed by atoms with Crippen molar-refractivity contribution in [3.63, 3.8) is 0 Å². The molecule has 0 amide bonds. The first kappa shape index (κ1) is 24.3. The van der Waals surface area contributed by atoms with Crippen LogP contribution in [0.15, 0.2) is 33.4 Å². The predicted octanol–water partition coefficient (Wildman–Crippen LogP) is -1.04.